The summed E-state index contributed by atoms with van der Waals surface area (Å²) < 4.78 is 0. The fourth-order valence-electron chi connectivity index (χ4n) is 2.83. The lowest BCUT2D eigenvalue weighted by molar-refractivity contribution is -0.133. The van der Waals surface area contributed by atoms with Crippen LogP contribution >= 0.6 is 11.3 Å². The number of thiazole rings is 1. The smallest absolute Gasteiger partial charge is 0.223 e. The SMILES string of the molecule is CN(Cc1nccs1)C(=O)CC1(CN)CCCCC1. The zero-order valence-corrected chi connectivity index (χ0v) is 12.4. The lowest BCUT2D eigenvalue weighted by Crippen LogP contribution is -2.39. The Morgan fingerprint density at radius 1 is 1.47 bits per heavy atom. The van der Waals surface area contributed by atoms with Gasteiger partial charge in [-0.25, -0.2) is 4.98 Å². The number of nitrogens with two attached hydrogens (primary N) is 1. The van der Waals surface area contributed by atoms with Crippen LogP contribution in [0.25, 0.3) is 0 Å². The molecule has 0 spiro atoms. The largest absolute Gasteiger partial charge is 0.339 e. The van der Waals surface area contributed by atoms with E-state index >= 15 is 0 Å². The third kappa shape index (κ3) is 3.76. The summed E-state index contributed by atoms with van der Waals surface area (Å²) in [6.07, 6.45) is 8.26. The van der Waals surface area contributed by atoms with Crippen LogP contribution in [0.4, 0.5) is 0 Å². The van der Waals surface area contributed by atoms with Crippen molar-refractivity contribution in [2.45, 2.75) is 45.1 Å². The van der Waals surface area contributed by atoms with E-state index in [0.29, 0.717) is 19.5 Å². The average Bonchev–Trinajstić information content (AvgIpc) is 2.92. The van der Waals surface area contributed by atoms with E-state index < -0.39 is 0 Å². The molecule has 4 nitrogen and oxygen atoms in total. The number of aromatic nitrogens is 1. The Morgan fingerprint density at radius 3 is 2.79 bits per heavy atom. The van der Waals surface area contributed by atoms with Crippen LogP contribution in [0.3, 0.4) is 0 Å². The maximum Gasteiger partial charge on any atom is 0.223 e. The monoisotopic (exact) mass is 281 g/mol. The fourth-order valence-corrected chi connectivity index (χ4v) is 3.50. The van der Waals surface area contributed by atoms with E-state index in [-0.39, 0.29) is 11.3 Å². The molecule has 1 amide bonds. The Balaban J connectivity index is 1.91. The number of rotatable bonds is 5. The number of hydrogen-bond acceptors (Lipinski definition) is 4. The zero-order valence-electron chi connectivity index (χ0n) is 11.6. The van der Waals surface area contributed by atoms with E-state index in [0.717, 1.165) is 17.8 Å². The molecule has 19 heavy (non-hydrogen) atoms. The molecule has 2 rings (SSSR count). The second kappa shape index (κ2) is 6.48. The third-order valence-corrected chi connectivity index (χ3v) is 4.92. The van der Waals surface area contributed by atoms with Crippen LogP contribution in [-0.2, 0) is 11.3 Å². The van der Waals surface area contributed by atoms with Crippen LogP contribution in [0.5, 0.6) is 0 Å². The number of nitrogens with zero attached hydrogens (tertiary/aromatic N) is 2. The van der Waals surface area contributed by atoms with Crippen molar-refractivity contribution in [3.05, 3.63) is 16.6 Å². The van der Waals surface area contributed by atoms with Gasteiger partial charge in [-0.2, -0.15) is 0 Å². The molecule has 0 bridgehead atoms. The summed E-state index contributed by atoms with van der Waals surface area (Å²) in [5.74, 6) is 0.197. The van der Waals surface area contributed by atoms with Crippen molar-refractivity contribution >= 4 is 17.2 Å². The van der Waals surface area contributed by atoms with Crippen molar-refractivity contribution in [1.82, 2.24) is 9.88 Å². The standard InChI is InChI=1S/C14H23N3OS/c1-17(10-12-16-7-8-19-12)13(18)9-14(11-15)5-3-2-4-6-14/h7-8H,2-6,9-11,15H2,1H3. The number of carbonyl (C=O) groups is 1. The predicted molar refractivity (Wildman–Crippen MR) is 77.8 cm³/mol. The molecule has 1 heterocycles. The van der Waals surface area contributed by atoms with Crippen LogP contribution in [0.2, 0.25) is 0 Å². The summed E-state index contributed by atoms with van der Waals surface area (Å²) in [5.41, 5.74) is 5.99. The van der Waals surface area contributed by atoms with E-state index in [1.54, 1.807) is 22.4 Å². The summed E-state index contributed by atoms with van der Waals surface area (Å²) in [5, 5.41) is 2.93. The first-order valence-electron chi connectivity index (χ1n) is 6.98. The first kappa shape index (κ1) is 14.5. The van der Waals surface area contributed by atoms with Gasteiger partial charge in [0.2, 0.25) is 5.91 Å². The van der Waals surface area contributed by atoms with E-state index in [1.165, 1.54) is 19.3 Å². The Bertz CT molecular complexity index is 399. The topological polar surface area (TPSA) is 59.2 Å². The molecule has 0 aromatic carbocycles. The third-order valence-electron chi connectivity index (χ3n) is 4.16. The van der Waals surface area contributed by atoms with Gasteiger partial charge in [0.1, 0.15) is 5.01 Å². The minimum absolute atomic E-state index is 0.0481. The van der Waals surface area contributed by atoms with Gasteiger partial charge in [-0.3, -0.25) is 4.79 Å². The molecule has 0 aliphatic heterocycles. The highest BCUT2D eigenvalue weighted by atomic mass is 32.1. The van der Waals surface area contributed by atoms with Gasteiger partial charge in [0.15, 0.2) is 0 Å². The minimum atomic E-state index is 0.0481. The van der Waals surface area contributed by atoms with Gasteiger partial charge in [0, 0.05) is 25.0 Å². The number of carbonyl (C=O) groups excluding carboxylic acids is 1. The van der Waals surface area contributed by atoms with Gasteiger partial charge in [0.25, 0.3) is 0 Å². The van der Waals surface area contributed by atoms with Gasteiger partial charge >= 0.3 is 0 Å². The highest BCUT2D eigenvalue weighted by molar-refractivity contribution is 7.09. The maximum atomic E-state index is 12.3. The van der Waals surface area contributed by atoms with Gasteiger partial charge in [-0.1, -0.05) is 19.3 Å². The van der Waals surface area contributed by atoms with Crippen LogP contribution in [0.15, 0.2) is 11.6 Å². The average molecular weight is 281 g/mol. The number of hydrogen-bond donors (Lipinski definition) is 1. The van der Waals surface area contributed by atoms with Crippen molar-refractivity contribution in [3.8, 4) is 0 Å². The van der Waals surface area contributed by atoms with Crippen LogP contribution in [0, 0.1) is 5.41 Å². The summed E-state index contributed by atoms with van der Waals surface area (Å²) in [7, 11) is 1.86. The molecule has 0 saturated heterocycles. The quantitative estimate of drug-likeness (QED) is 0.901. The highest BCUT2D eigenvalue weighted by Gasteiger charge is 2.33. The van der Waals surface area contributed by atoms with Crippen LogP contribution in [-0.4, -0.2) is 29.4 Å². The van der Waals surface area contributed by atoms with Crippen molar-refractivity contribution in [3.63, 3.8) is 0 Å². The van der Waals surface area contributed by atoms with Gasteiger partial charge in [-0.05, 0) is 24.8 Å². The Morgan fingerprint density at radius 2 is 2.21 bits per heavy atom. The number of amides is 1. The molecular formula is C14H23N3OS. The van der Waals surface area contributed by atoms with Crippen LogP contribution in [0.1, 0.15) is 43.5 Å². The van der Waals surface area contributed by atoms with Crippen molar-refractivity contribution in [1.29, 1.82) is 0 Å². The van der Waals surface area contributed by atoms with Gasteiger partial charge in [-0.15, -0.1) is 11.3 Å². The fraction of sp³-hybridized carbons (Fsp3) is 0.714. The predicted octanol–water partition coefficient (Wildman–Crippen LogP) is 2.40. The normalized spacial score (nSPS) is 18.2. The van der Waals surface area contributed by atoms with Crippen LogP contribution < -0.4 is 5.73 Å². The summed E-state index contributed by atoms with van der Waals surface area (Å²) in [4.78, 5) is 18.4. The first-order chi connectivity index (χ1) is 9.15. The second-order valence-electron chi connectivity index (χ2n) is 5.62. The maximum absolute atomic E-state index is 12.3. The Kier molecular flexibility index (Phi) is 4.93. The molecule has 106 valence electrons. The Labute approximate surface area is 119 Å². The molecule has 1 aliphatic carbocycles. The van der Waals surface area contributed by atoms with Crippen molar-refractivity contribution < 1.29 is 4.79 Å². The van der Waals surface area contributed by atoms with Gasteiger partial charge < -0.3 is 10.6 Å². The molecule has 0 atom stereocenters. The van der Waals surface area contributed by atoms with E-state index in [9.17, 15) is 4.79 Å². The first-order valence-corrected chi connectivity index (χ1v) is 7.86. The molecule has 1 fully saturated rings. The molecule has 1 aromatic heterocycles. The minimum Gasteiger partial charge on any atom is -0.339 e. The molecule has 1 aromatic rings. The van der Waals surface area contributed by atoms with E-state index in [2.05, 4.69) is 4.98 Å². The molecule has 2 N–H and O–H groups in total. The summed E-state index contributed by atoms with van der Waals surface area (Å²) in [6, 6.07) is 0. The van der Waals surface area contributed by atoms with Crippen molar-refractivity contribution in [2.24, 2.45) is 11.1 Å². The molecular weight excluding hydrogens is 258 g/mol. The van der Waals surface area contributed by atoms with E-state index in [4.69, 9.17) is 5.73 Å². The van der Waals surface area contributed by atoms with Crippen molar-refractivity contribution in [2.75, 3.05) is 13.6 Å². The molecule has 1 saturated carbocycles. The molecule has 5 heteroatoms. The lowest BCUT2D eigenvalue weighted by Gasteiger charge is -2.36. The zero-order chi connectivity index (χ0) is 13.7. The summed E-state index contributed by atoms with van der Waals surface area (Å²) in [6.45, 7) is 1.24. The summed E-state index contributed by atoms with van der Waals surface area (Å²) >= 11 is 1.59. The van der Waals surface area contributed by atoms with E-state index in [1.807, 2.05) is 12.4 Å². The van der Waals surface area contributed by atoms with Gasteiger partial charge in [0.05, 0.1) is 6.54 Å². The highest BCUT2D eigenvalue weighted by Crippen LogP contribution is 2.38. The second-order valence-corrected chi connectivity index (χ2v) is 6.60. The molecule has 0 unspecified atom stereocenters. The molecule has 1 aliphatic rings. The lowest BCUT2D eigenvalue weighted by atomic mass is 9.71. The Hall–Kier alpha value is -0.940. The molecule has 0 radical (unpaired) electrons.